The molecule has 7 heteroatoms. The first kappa shape index (κ1) is 17.9. The monoisotopic (exact) mass is 392 g/mol. The van der Waals surface area contributed by atoms with Crippen LogP contribution in [0, 0.1) is 13.8 Å². The maximum absolute atomic E-state index is 12.6. The first-order valence-corrected chi connectivity index (χ1v) is 10.2. The van der Waals surface area contributed by atoms with Crippen LogP contribution in [0.3, 0.4) is 0 Å². The van der Waals surface area contributed by atoms with Gasteiger partial charge in [-0.05, 0) is 61.4 Å². The molecule has 2 aromatic carbocycles. The largest absolute Gasteiger partial charge is 0.312 e. The number of aromatic nitrogens is 1. The SMILES string of the molecule is C=CCn1/c(=N/S(=O)(=O)c2ccc(Cl)cc2)sc2cc(C)c(C)cc21. The van der Waals surface area contributed by atoms with Gasteiger partial charge in [-0.15, -0.1) is 11.0 Å². The predicted octanol–water partition coefficient (Wildman–Crippen LogP) is 4.45. The maximum atomic E-state index is 12.6. The van der Waals surface area contributed by atoms with Gasteiger partial charge < -0.3 is 4.57 Å². The first-order chi connectivity index (χ1) is 11.8. The molecule has 0 aliphatic carbocycles. The fourth-order valence-corrected chi connectivity index (χ4v) is 4.91. The van der Waals surface area contributed by atoms with Gasteiger partial charge in [0.1, 0.15) is 0 Å². The van der Waals surface area contributed by atoms with Crippen LogP contribution in [0.2, 0.25) is 5.02 Å². The summed E-state index contributed by atoms with van der Waals surface area (Å²) in [6, 6.07) is 10.1. The van der Waals surface area contributed by atoms with E-state index in [1.807, 2.05) is 18.4 Å². The molecule has 1 heterocycles. The Labute approximate surface area is 155 Å². The number of allylic oxidation sites excluding steroid dienone is 1. The molecule has 0 amide bonds. The summed E-state index contributed by atoms with van der Waals surface area (Å²) in [5.41, 5.74) is 3.26. The minimum atomic E-state index is -3.82. The van der Waals surface area contributed by atoms with Crippen molar-refractivity contribution in [2.75, 3.05) is 0 Å². The summed E-state index contributed by atoms with van der Waals surface area (Å²) >= 11 is 7.19. The molecular formula is C18H17ClN2O2S2. The Morgan fingerprint density at radius 2 is 1.84 bits per heavy atom. The smallest absolute Gasteiger partial charge is 0.285 e. The van der Waals surface area contributed by atoms with Crippen molar-refractivity contribution in [3.8, 4) is 0 Å². The Kier molecular flexibility index (Phi) is 4.86. The van der Waals surface area contributed by atoms with Gasteiger partial charge in [0.15, 0.2) is 0 Å². The van der Waals surface area contributed by atoms with E-state index in [-0.39, 0.29) is 4.90 Å². The number of thiazole rings is 1. The number of fused-ring (bicyclic) bond motifs is 1. The lowest BCUT2D eigenvalue weighted by Gasteiger charge is -2.04. The molecular weight excluding hydrogens is 376 g/mol. The van der Waals surface area contributed by atoms with Gasteiger partial charge in [-0.1, -0.05) is 29.0 Å². The number of halogens is 1. The summed E-state index contributed by atoms with van der Waals surface area (Å²) in [6.07, 6.45) is 1.73. The fourth-order valence-electron chi connectivity index (χ4n) is 2.46. The van der Waals surface area contributed by atoms with Crippen LogP contribution in [0.1, 0.15) is 11.1 Å². The second-order valence-corrected chi connectivity index (χ2v) is 8.76. The van der Waals surface area contributed by atoms with Crippen molar-refractivity contribution in [1.29, 1.82) is 0 Å². The van der Waals surface area contributed by atoms with E-state index in [1.165, 1.54) is 23.5 Å². The van der Waals surface area contributed by atoms with Gasteiger partial charge in [-0.2, -0.15) is 8.42 Å². The maximum Gasteiger partial charge on any atom is 0.285 e. The summed E-state index contributed by atoms with van der Waals surface area (Å²) in [4.78, 5) is 0.543. The van der Waals surface area contributed by atoms with E-state index in [0.717, 1.165) is 21.3 Å². The van der Waals surface area contributed by atoms with Crippen LogP contribution >= 0.6 is 22.9 Å². The molecule has 3 aromatic rings. The predicted molar refractivity (Wildman–Crippen MR) is 104 cm³/mol. The molecule has 0 unspecified atom stereocenters. The van der Waals surface area contributed by atoms with Crippen LogP contribution in [0.25, 0.3) is 10.2 Å². The fraction of sp³-hybridized carbons (Fsp3) is 0.167. The van der Waals surface area contributed by atoms with Gasteiger partial charge in [0, 0.05) is 11.6 Å². The zero-order valence-corrected chi connectivity index (χ0v) is 16.2. The number of aryl methyl sites for hydroxylation is 2. The quantitative estimate of drug-likeness (QED) is 0.616. The van der Waals surface area contributed by atoms with Crippen LogP contribution < -0.4 is 4.80 Å². The Bertz CT molecular complexity index is 1120. The van der Waals surface area contributed by atoms with E-state index in [4.69, 9.17) is 11.6 Å². The highest BCUT2D eigenvalue weighted by Gasteiger charge is 2.15. The molecule has 0 spiro atoms. The van der Waals surface area contributed by atoms with Crippen molar-refractivity contribution in [3.05, 3.63) is 70.0 Å². The van der Waals surface area contributed by atoms with Crippen molar-refractivity contribution in [2.24, 2.45) is 4.40 Å². The van der Waals surface area contributed by atoms with Crippen molar-refractivity contribution in [2.45, 2.75) is 25.3 Å². The van der Waals surface area contributed by atoms with Crippen LogP contribution in [-0.4, -0.2) is 13.0 Å². The molecule has 0 saturated heterocycles. The lowest BCUT2D eigenvalue weighted by molar-refractivity contribution is 0.596. The third kappa shape index (κ3) is 3.56. The summed E-state index contributed by atoms with van der Waals surface area (Å²) in [7, 11) is -3.82. The molecule has 0 atom stereocenters. The van der Waals surface area contributed by atoms with Gasteiger partial charge in [-0.3, -0.25) is 0 Å². The normalized spacial score (nSPS) is 12.7. The minimum Gasteiger partial charge on any atom is -0.312 e. The lowest BCUT2D eigenvalue weighted by atomic mass is 10.1. The van der Waals surface area contributed by atoms with Crippen molar-refractivity contribution < 1.29 is 8.42 Å². The number of nitrogens with zero attached hydrogens (tertiary/aromatic N) is 2. The Morgan fingerprint density at radius 3 is 2.48 bits per heavy atom. The molecule has 4 nitrogen and oxygen atoms in total. The Morgan fingerprint density at radius 1 is 1.20 bits per heavy atom. The second-order valence-electron chi connectivity index (χ2n) is 5.71. The zero-order chi connectivity index (χ0) is 18.2. The third-order valence-electron chi connectivity index (χ3n) is 3.92. The first-order valence-electron chi connectivity index (χ1n) is 7.60. The van der Waals surface area contributed by atoms with Gasteiger partial charge in [0.25, 0.3) is 10.0 Å². The minimum absolute atomic E-state index is 0.117. The molecule has 0 bridgehead atoms. The topological polar surface area (TPSA) is 51.4 Å². The highest BCUT2D eigenvalue weighted by Crippen LogP contribution is 2.23. The molecule has 0 fully saturated rings. The molecule has 1 aromatic heterocycles. The summed E-state index contributed by atoms with van der Waals surface area (Å²) in [6.45, 7) is 8.32. The Balaban J connectivity index is 2.26. The van der Waals surface area contributed by atoms with E-state index in [1.54, 1.807) is 18.2 Å². The molecule has 3 rings (SSSR count). The van der Waals surface area contributed by atoms with Gasteiger partial charge in [0.05, 0.1) is 15.1 Å². The van der Waals surface area contributed by atoms with E-state index in [2.05, 4.69) is 23.1 Å². The molecule has 0 aliphatic heterocycles. The molecule has 25 heavy (non-hydrogen) atoms. The number of hydrogen-bond donors (Lipinski definition) is 0. The van der Waals surface area contributed by atoms with Gasteiger partial charge in [-0.25, -0.2) is 0 Å². The number of benzene rings is 2. The van der Waals surface area contributed by atoms with E-state index in [0.29, 0.717) is 16.4 Å². The molecule has 0 radical (unpaired) electrons. The standard InChI is InChI=1S/C18H17ClN2O2S2/c1-4-9-21-16-10-12(2)13(3)11-17(16)24-18(21)20-25(22,23)15-7-5-14(19)6-8-15/h4-8,10-11H,1,9H2,2-3H3/b20-18-. The van der Waals surface area contributed by atoms with E-state index < -0.39 is 10.0 Å². The Hall–Kier alpha value is -1.89. The van der Waals surface area contributed by atoms with Crippen LogP contribution in [-0.2, 0) is 16.6 Å². The van der Waals surface area contributed by atoms with Crippen molar-refractivity contribution in [1.82, 2.24) is 4.57 Å². The summed E-state index contributed by atoms with van der Waals surface area (Å²) < 4.78 is 32.2. The van der Waals surface area contributed by atoms with Gasteiger partial charge in [0.2, 0.25) is 4.80 Å². The highest BCUT2D eigenvalue weighted by atomic mass is 35.5. The zero-order valence-electron chi connectivity index (χ0n) is 13.9. The van der Waals surface area contributed by atoms with E-state index >= 15 is 0 Å². The third-order valence-corrected chi connectivity index (χ3v) is 6.61. The van der Waals surface area contributed by atoms with Crippen molar-refractivity contribution in [3.63, 3.8) is 0 Å². The van der Waals surface area contributed by atoms with Crippen LogP contribution in [0.15, 0.2) is 58.3 Å². The molecule has 0 N–H and O–H groups in total. The van der Waals surface area contributed by atoms with Gasteiger partial charge >= 0.3 is 0 Å². The average Bonchev–Trinajstić information content (AvgIpc) is 2.85. The average molecular weight is 393 g/mol. The second kappa shape index (κ2) is 6.78. The highest BCUT2D eigenvalue weighted by molar-refractivity contribution is 7.90. The number of hydrogen-bond acceptors (Lipinski definition) is 3. The summed E-state index contributed by atoms with van der Waals surface area (Å²) in [5, 5.41) is 0.480. The number of rotatable bonds is 4. The van der Waals surface area contributed by atoms with Crippen LogP contribution in [0.4, 0.5) is 0 Å². The lowest BCUT2D eigenvalue weighted by Crippen LogP contribution is -2.16. The van der Waals surface area contributed by atoms with E-state index in [9.17, 15) is 8.42 Å². The molecule has 0 aliphatic rings. The summed E-state index contributed by atoms with van der Waals surface area (Å²) in [5.74, 6) is 0. The van der Waals surface area contributed by atoms with Crippen molar-refractivity contribution >= 4 is 43.2 Å². The number of sulfonamides is 1. The molecule has 0 saturated carbocycles. The van der Waals surface area contributed by atoms with Crippen LogP contribution in [0.5, 0.6) is 0 Å². The molecule has 130 valence electrons.